The summed E-state index contributed by atoms with van der Waals surface area (Å²) in [5, 5.41) is 13.6. The summed E-state index contributed by atoms with van der Waals surface area (Å²) in [7, 11) is 0. The molecule has 0 fully saturated rings. The van der Waals surface area contributed by atoms with Gasteiger partial charge in [0.1, 0.15) is 11.1 Å². The first-order valence-electron chi connectivity index (χ1n) is 10.7. The lowest BCUT2D eigenvalue weighted by atomic mass is 9.99. The molecule has 0 bridgehead atoms. The van der Waals surface area contributed by atoms with Gasteiger partial charge in [-0.25, -0.2) is 4.98 Å². The third-order valence-electron chi connectivity index (χ3n) is 5.41. The van der Waals surface area contributed by atoms with E-state index in [1.165, 1.54) is 11.8 Å². The monoisotopic (exact) mass is 527 g/mol. The van der Waals surface area contributed by atoms with Gasteiger partial charge in [-0.1, -0.05) is 88.4 Å². The SMILES string of the molecule is Cc1cccc(C)c1NC(=O)CSc1nc(-c2ccc(Br)cc2)cc(-c2ccccc2)c1C#N. The van der Waals surface area contributed by atoms with Crippen LogP contribution in [0.1, 0.15) is 16.7 Å². The number of benzene rings is 3. The molecule has 0 unspecified atom stereocenters. The second kappa shape index (κ2) is 10.7. The van der Waals surface area contributed by atoms with Crippen molar-refractivity contribution in [1.82, 2.24) is 4.98 Å². The summed E-state index contributed by atoms with van der Waals surface area (Å²) >= 11 is 4.75. The van der Waals surface area contributed by atoms with E-state index in [1.54, 1.807) is 0 Å². The molecule has 0 spiro atoms. The van der Waals surface area contributed by atoms with Crippen LogP contribution in [0.25, 0.3) is 22.4 Å². The number of rotatable bonds is 6. The number of carbonyl (C=O) groups is 1. The zero-order valence-electron chi connectivity index (χ0n) is 18.8. The van der Waals surface area contributed by atoms with Gasteiger partial charge in [0.05, 0.1) is 17.0 Å². The van der Waals surface area contributed by atoms with E-state index in [2.05, 4.69) is 27.3 Å². The van der Waals surface area contributed by atoms with Gasteiger partial charge >= 0.3 is 0 Å². The molecule has 4 aromatic rings. The minimum absolute atomic E-state index is 0.136. The number of amides is 1. The number of carbonyl (C=O) groups excluding carboxylic acids is 1. The quantitative estimate of drug-likeness (QED) is 0.265. The van der Waals surface area contributed by atoms with Crippen LogP contribution in [0.15, 0.2) is 88.4 Å². The number of aromatic nitrogens is 1. The molecular weight excluding hydrogens is 506 g/mol. The van der Waals surface area contributed by atoms with Crippen LogP contribution in [-0.4, -0.2) is 16.6 Å². The van der Waals surface area contributed by atoms with Crippen LogP contribution < -0.4 is 5.32 Å². The Morgan fingerprint density at radius 3 is 2.29 bits per heavy atom. The second-order valence-corrected chi connectivity index (χ2v) is 9.70. The molecule has 3 aromatic carbocycles. The van der Waals surface area contributed by atoms with E-state index in [-0.39, 0.29) is 11.7 Å². The zero-order chi connectivity index (χ0) is 24.1. The van der Waals surface area contributed by atoms with Crippen LogP contribution in [0.2, 0.25) is 0 Å². The standard InChI is InChI=1S/C28H22BrN3OS/c1-18-7-6-8-19(2)27(18)32-26(33)17-34-28-24(16-30)23(20-9-4-3-5-10-20)15-25(31-28)21-11-13-22(29)14-12-21/h3-15H,17H2,1-2H3,(H,32,33). The highest BCUT2D eigenvalue weighted by Crippen LogP contribution is 2.34. The lowest BCUT2D eigenvalue weighted by molar-refractivity contribution is -0.113. The summed E-state index contributed by atoms with van der Waals surface area (Å²) in [5.74, 6) is 0.0106. The van der Waals surface area contributed by atoms with Gasteiger partial charge in [0.15, 0.2) is 0 Å². The lowest BCUT2D eigenvalue weighted by Crippen LogP contribution is -2.16. The van der Waals surface area contributed by atoms with E-state index in [9.17, 15) is 10.1 Å². The summed E-state index contributed by atoms with van der Waals surface area (Å²) in [6.45, 7) is 3.94. The topological polar surface area (TPSA) is 65.8 Å². The van der Waals surface area contributed by atoms with Gasteiger partial charge in [0, 0.05) is 21.3 Å². The maximum atomic E-state index is 12.8. The maximum absolute atomic E-state index is 12.8. The molecule has 6 heteroatoms. The molecule has 1 amide bonds. The van der Waals surface area contributed by atoms with Crippen LogP contribution >= 0.6 is 27.7 Å². The van der Waals surface area contributed by atoms with E-state index >= 15 is 0 Å². The molecule has 168 valence electrons. The van der Waals surface area contributed by atoms with E-state index in [0.29, 0.717) is 10.6 Å². The van der Waals surface area contributed by atoms with Crippen molar-refractivity contribution < 1.29 is 4.79 Å². The third-order valence-corrected chi connectivity index (χ3v) is 6.91. The van der Waals surface area contributed by atoms with Crippen LogP contribution in [0.5, 0.6) is 0 Å². The molecular formula is C28H22BrN3OS. The predicted molar refractivity (Wildman–Crippen MR) is 143 cm³/mol. The van der Waals surface area contributed by atoms with E-state index in [4.69, 9.17) is 4.98 Å². The number of anilines is 1. The first-order chi connectivity index (χ1) is 16.5. The Kier molecular flexibility index (Phi) is 7.46. The number of thioether (sulfide) groups is 1. The Hall–Kier alpha value is -3.40. The largest absolute Gasteiger partial charge is 0.325 e. The summed E-state index contributed by atoms with van der Waals surface area (Å²) in [6.07, 6.45) is 0. The molecule has 0 aliphatic rings. The fourth-order valence-corrected chi connectivity index (χ4v) is 4.74. The molecule has 0 radical (unpaired) electrons. The Balaban J connectivity index is 1.69. The number of halogens is 1. The van der Waals surface area contributed by atoms with Crippen molar-refractivity contribution >= 4 is 39.3 Å². The molecule has 0 atom stereocenters. The summed E-state index contributed by atoms with van der Waals surface area (Å²) in [4.78, 5) is 17.6. The van der Waals surface area contributed by atoms with Gasteiger partial charge in [-0.3, -0.25) is 4.79 Å². The summed E-state index contributed by atoms with van der Waals surface area (Å²) in [5.41, 5.74) is 6.74. The van der Waals surface area contributed by atoms with Gasteiger partial charge in [0.2, 0.25) is 5.91 Å². The number of pyridine rings is 1. The molecule has 0 saturated carbocycles. The highest BCUT2D eigenvalue weighted by atomic mass is 79.9. The van der Waals surface area contributed by atoms with Crippen molar-refractivity contribution in [1.29, 1.82) is 5.26 Å². The minimum Gasteiger partial charge on any atom is -0.325 e. The number of hydrogen-bond acceptors (Lipinski definition) is 4. The van der Waals surface area contributed by atoms with E-state index in [0.717, 1.165) is 43.7 Å². The minimum atomic E-state index is -0.136. The van der Waals surface area contributed by atoms with Gasteiger partial charge < -0.3 is 5.32 Å². The first-order valence-corrected chi connectivity index (χ1v) is 12.5. The Morgan fingerprint density at radius 1 is 0.971 bits per heavy atom. The van der Waals surface area contributed by atoms with Gasteiger partial charge in [-0.2, -0.15) is 5.26 Å². The fourth-order valence-electron chi connectivity index (χ4n) is 3.67. The molecule has 0 saturated heterocycles. The first kappa shape index (κ1) is 23.7. The molecule has 4 rings (SSSR count). The molecule has 34 heavy (non-hydrogen) atoms. The highest BCUT2D eigenvalue weighted by molar-refractivity contribution is 9.10. The number of nitrogens with zero attached hydrogens (tertiary/aromatic N) is 2. The highest BCUT2D eigenvalue weighted by Gasteiger charge is 2.17. The molecule has 1 N–H and O–H groups in total. The van der Waals surface area contributed by atoms with Crippen molar-refractivity contribution in [2.24, 2.45) is 0 Å². The number of nitrogens with one attached hydrogen (secondary N) is 1. The van der Waals surface area contributed by atoms with Crippen LogP contribution in [-0.2, 0) is 4.79 Å². The molecule has 1 aromatic heterocycles. The van der Waals surface area contributed by atoms with Gasteiger partial charge in [-0.15, -0.1) is 0 Å². The van der Waals surface area contributed by atoms with Gasteiger partial charge in [0.25, 0.3) is 0 Å². The van der Waals surface area contributed by atoms with Crippen LogP contribution in [0.4, 0.5) is 5.69 Å². The van der Waals surface area contributed by atoms with Crippen molar-refractivity contribution in [3.63, 3.8) is 0 Å². The number of hydrogen-bond donors (Lipinski definition) is 1. The van der Waals surface area contributed by atoms with Crippen molar-refractivity contribution in [2.45, 2.75) is 18.9 Å². The Morgan fingerprint density at radius 2 is 1.65 bits per heavy atom. The number of aryl methyl sites for hydroxylation is 2. The maximum Gasteiger partial charge on any atom is 0.234 e. The molecule has 0 aliphatic heterocycles. The fraction of sp³-hybridized carbons (Fsp3) is 0.107. The van der Waals surface area contributed by atoms with E-state index in [1.807, 2.05) is 92.7 Å². The van der Waals surface area contributed by atoms with Gasteiger partial charge in [-0.05, 0) is 48.7 Å². The van der Waals surface area contributed by atoms with Crippen LogP contribution in [0, 0.1) is 25.2 Å². The normalized spacial score (nSPS) is 10.5. The Labute approximate surface area is 212 Å². The van der Waals surface area contributed by atoms with Crippen molar-refractivity contribution in [3.8, 4) is 28.5 Å². The summed E-state index contributed by atoms with van der Waals surface area (Å²) in [6, 6.07) is 27.8. The average Bonchev–Trinajstić information content (AvgIpc) is 2.85. The average molecular weight is 528 g/mol. The van der Waals surface area contributed by atoms with Crippen molar-refractivity contribution in [3.05, 3.63) is 100 Å². The molecule has 1 heterocycles. The Bertz CT molecular complexity index is 1360. The zero-order valence-corrected chi connectivity index (χ0v) is 21.2. The predicted octanol–water partition coefficient (Wildman–Crippen LogP) is 7.40. The molecule has 4 nitrogen and oxygen atoms in total. The third kappa shape index (κ3) is 5.39. The van der Waals surface area contributed by atoms with Crippen LogP contribution in [0.3, 0.4) is 0 Å². The number of para-hydroxylation sites is 1. The lowest BCUT2D eigenvalue weighted by Gasteiger charge is -2.14. The summed E-state index contributed by atoms with van der Waals surface area (Å²) < 4.78 is 0.978. The number of nitriles is 1. The smallest absolute Gasteiger partial charge is 0.234 e. The van der Waals surface area contributed by atoms with Crippen molar-refractivity contribution in [2.75, 3.05) is 11.1 Å². The molecule has 0 aliphatic carbocycles. The van der Waals surface area contributed by atoms with E-state index < -0.39 is 0 Å². The second-order valence-electron chi connectivity index (χ2n) is 7.82.